The van der Waals surface area contributed by atoms with Gasteiger partial charge >= 0.3 is 5.97 Å². The lowest BCUT2D eigenvalue weighted by atomic mass is 10.2. The number of aliphatic carboxylic acids is 1. The van der Waals surface area contributed by atoms with Crippen LogP contribution in [0.5, 0.6) is 0 Å². The predicted molar refractivity (Wildman–Crippen MR) is 75.9 cm³/mol. The molecule has 0 fully saturated rings. The average Bonchev–Trinajstić information content (AvgIpc) is 2.85. The van der Waals surface area contributed by atoms with Crippen molar-refractivity contribution in [2.75, 3.05) is 0 Å². The monoisotopic (exact) mass is 279 g/mol. The highest BCUT2D eigenvalue weighted by Gasteiger charge is 2.12. The molecular formula is C13H13NO2S2. The molecule has 94 valence electrons. The van der Waals surface area contributed by atoms with E-state index in [1.165, 1.54) is 11.8 Å². The molecule has 1 heterocycles. The molecule has 0 bridgehead atoms. The van der Waals surface area contributed by atoms with Crippen molar-refractivity contribution in [2.45, 2.75) is 17.9 Å². The van der Waals surface area contributed by atoms with Crippen LogP contribution in [-0.4, -0.2) is 21.3 Å². The molecular weight excluding hydrogens is 266 g/mol. The van der Waals surface area contributed by atoms with Gasteiger partial charge in [0.25, 0.3) is 0 Å². The fraction of sp³-hybridized carbons (Fsp3) is 0.231. The topological polar surface area (TPSA) is 50.2 Å². The van der Waals surface area contributed by atoms with Crippen molar-refractivity contribution in [3.63, 3.8) is 0 Å². The van der Waals surface area contributed by atoms with Gasteiger partial charge in [0.15, 0.2) is 0 Å². The SMILES string of the molecule is C[C@@H](SCc1csc(-c2ccccc2)n1)C(=O)O. The predicted octanol–water partition coefficient (Wildman–Crippen LogP) is 3.52. The number of rotatable bonds is 5. The summed E-state index contributed by atoms with van der Waals surface area (Å²) in [5.41, 5.74) is 2.04. The lowest BCUT2D eigenvalue weighted by Crippen LogP contribution is -2.11. The first kappa shape index (κ1) is 13.1. The Morgan fingerprint density at radius 1 is 1.44 bits per heavy atom. The number of carbonyl (C=O) groups is 1. The lowest BCUT2D eigenvalue weighted by Gasteiger charge is -2.03. The third kappa shape index (κ3) is 3.34. The molecule has 1 aromatic carbocycles. The van der Waals surface area contributed by atoms with Gasteiger partial charge < -0.3 is 5.11 Å². The first-order valence-corrected chi connectivity index (χ1v) is 7.44. The highest BCUT2D eigenvalue weighted by Crippen LogP contribution is 2.26. The zero-order valence-electron chi connectivity index (χ0n) is 9.87. The van der Waals surface area contributed by atoms with Crippen molar-refractivity contribution in [1.29, 1.82) is 0 Å². The van der Waals surface area contributed by atoms with Crippen molar-refractivity contribution in [3.8, 4) is 10.6 Å². The molecule has 2 rings (SSSR count). The summed E-state index contributed by atoms with van der Waals surface area (Å²) in [7, 11) is 0. The molecule has 0 aliphatic rings. The molecule has 0 saturated heterocycles. The Hall–Kier alpha value is -1.33. The summed E-state index contributed by atoms with van der Waals surface area (Å²) >= 11 is 2.98. The smallest absolute Gasteiger partial charge is 0.316 e. The fourth-order valence-electron chi connectivity index (χ4n) is 1.37. The number of carboxylic acids is 1. The van der Waals surface area contributed by atoms with Gasteiger partial charge in [0.2, 0.25) is 0 Å². The Morgan fingerprint density at radius 2 is 2.17 bits per heavy atom. The molecule has 1 N–H and O–H groups in total. The maximum atomic E-state index is 10.7. The minimum Gasteiger partial charge on any atom is -0.480 e. The molecule has 0 saturated carbocycles. The Labute approximate surface area is 114 Å². The van der Waals surface area contributed by atoms with Gasteiger partial charge in [0.1, 0.15) is 5.01 Å². The second-order valence-electron chi connectivity index (χ2n) is 3.80. The maximum absolute atomic E-state index is 10.7. The molecule has 0 amide bonds. The van der Waals surface area contributed by atoms with E-state index in [-0.39, 0.29) is 0 Å². The van der Waals surface area contributed by atoms with Crippen molar-refractivity contribution in [2.24, 2.45) is 0 Å². The van der Waals surface area contributed by atoms with E-state index >= 15 is 0 Å². The normalized spacial score (nSPS) is 12.3. The number of hydrogen-bond acceptors (Lipinski definition) is 4. The molecule has 1 aromatic heterocycles. The zero-order chi connectivity index (χ0) is 13.0. The number of nitrogens with zero attached hydrogens (tertiary/aromatic N) is 1. The van der Waals surface area contributed by atoms with E-state index in [9.17, 15) is 4.79 Å². The van der Waals surface area contributed by atoms with E-state index in [0.717, 1.165) is 16.3 Å². The molecule has 0 unspecified atom stereocenters. The van der Waals surface area contributed by atoms with Crippen LogP contribution in [-0.2, 0) is 10.5 Å². The molecule has 0 aliphatic heterocycles. The maximum Gasteiger partial charge on any atom is 0.316 e. The van der Waals surface area contributed by atoms with Gasteiger partial charge in [-0.2, -0.15) is 0 Å². The summed E-state index contributed by atoms with van der Waals surface area (Å²) in [6.07, 6.45) is 0. The first-order valence-electron chi connectivity index (χ1n) is 5.51. The zero-order valence-corrected chi connectivity index (χ0v) is 11.5. The van der Waals surface area contributed by atoms with Crippen LogP contribution in [0.25, 0.3) is 10.6 Å². The number of hydrogen-bond donors (Lipinski definition) is 1. The van der Waals surface area contributed by atoms with Gasteiger partial charge in [-0.05, 0) is 6.92 Å². The third-order valence-corrected chi connectivity index (χ3v) is 4.51. The van der Waals surface area contributed by atoms with Crippen LogP contribution >= 0.6 is 23.1 Å². The summed E-state index contributed by atoms with van der Waals surface area (Å²) in [4.78, 5) is 15.2. The minimum atomic E-state index is -0.779. The molecule has 0 aliphatic carbocycles. The van der Waals surface area contributed by atoms with E-state index in [1.807, 2.05) is 35.7 Å². The van der Waals surface area contributed by atoms with Crippen LogP contribution < -0.4 is 0 Å². The molecule has 0 spiro atoms. The highest BCUT2D eigenvalue weighted by atomic mass is 32.2. The number of aromatic nitrogens is 1. The van der Waals surface area contributed by atoms with Gasteiger partial charge in [-0.3, -0.25) is 4.79 Å². The molecule has 3 nitrogen and oxygen atoms in total. The number of thiazole rings is 1. The summed E-state index contributed by atoms with van der Waals surface area (Å²) in [5, 5.41) is 11.4. The first-order chi connectivity index (χ1) is 8.66. The molecule has 2 aromatic rings. The van der Waals surface area contributed by atoms with E-state index < -0.39 is 11.2 Å². The van der Waals surface area contributed by atoms with Crippen LogP contribution in [0.1, 0.15) is 12.6 Å². The minimum absolute atomic E-state index is 0.396. The second-order valence-corrected chi connectivity index (χ2v) is 5.99. The van der Waals surface area contributed by atoms with Gasteiger partial charge in [-0.25, -0.2) is 4.98 Å². The standard InChI is InChI=1S/C13H13NO2S2/c1-9(13(15)16)17-7-11-8-18-12(14-11)10-5-3-2-4-6-10/h2-6,8-9H,7H2,1H3,(H,15,16)/t9-/m1/s1. The van der Waals surface area contributed by atoms with E-state index in [0.29, 0.717) is 5.75 Å². The van der Waals surface area contributed by atoms with Gasteiger partial charge in [0.05, 0.1) is 10.9 Å². The Balaban J connectivity index is 2.01. The van der Waals surface area contributed by atoms with Crippen molar-refractivity contribution in [3.05, 3.63) is 41.4 Å². The van der Waals surface area contributed by atoms with Crippen LogP contribution in [0, 0.1) is 0 Å². The molecule has 18 heavy (non-hydrogen) atoms. The number of thioether (sulfide) groups is 1. The number of carboxylic acid groups (broad SMARTS) is 1. The highest BCUT2D eigenvalue weighted by molar-refractivity contribution is 7.99. The average molecular weight is 279 g/mol. The van der Waals surface area contributed by atoms with Gasteiger partial charge in [-0.15, -0.1) is 23.1 Å². The summed E-state index contributed by atoms with van der Waals surface area (Å²) < 4.78 is 0. The van der Waals surface area contributed by atoms with Crippen LogP contribution in [0.15, 0.2) is 35.7 Å². The van der Waals surface area contributed by atoms with Crippen molar-refractivity contribution >= 4 is 29.1 Å². The number of benzene rings is 1. The lowest BCUT2D eigenvalue weighted by molar-refractivity contribution is -0.136. The van der Waals surface area contributed by atoms with Crippen molar-refractivity contribution in [1.82, 2.24) is 4.98 Å². The van der Waals surface area contributed by atoms with Crippen molar-refractivity contribution < 1.29 is 9.90 Å². The second kappa shape index (κ2) is 6.02. The van der Waals surface area contributed by atoms with Crippen LogP contribution in [0.2, 0.25) is 0 Å². The molecule has 5 heteroatoms. The van der Waals surface area contributed by atoms with Gasteiger partial charge in [-0.1, -0.05) is 30.3 Å². The molecule has 0 radical (unpaired) electrons. The summed E-state index contributed by atoms with van der Waals surface area (Å²) in [6.45, 7) is 1.69. The van der Waals surface area contributed by atoms with Crippen LogP contribution in [0.3, 0.4) is 0 Å². The molecule has 1 atom stereocenters. The van der Waals surface area contributed by atoms with E-state index in [1.54, 1.807) is 18.3 Å². The van der Waals surface area contributed by atoms with E-state index in [4.69, 9.17) is 5.11 Å². The van der Waals surface area contributed by atoms with Gasteiger partial charge in [0, 0.05) is 16.7 Å². The van der Waals surface area contributed by atoms with E-state index in [2.05, 4.69) is 4.98 Å². The Bertz CT molecular complexity index is 525. The largest absolute Gasteiger partial charge is 0.480 e. The fourth-order valence-corrected chi connectivity index (χ4v) is 3.01. The summed E-state index contributed by atoms with van der Waals surface area (Å²) in [6, 6.07) is 9.99. The Kier molecular flexibility index (Phi) is 4.38. The third-order valence-electron chi connectivity index (χ3n) is 2.40. The Morgan fingerprint density at radius 3 is 2.83 bits per heavy atom. The summed E-state index contributed by atoms with van der Waals surface area (Å²) in [5.74, 6) is -0.143. The quantitative estimate of drug-likeness (QED) is 0.910. The van der Waals surface area contributed by atoms with Crippen LogP contribution in [0.4, 0.5) is 0 Å².